The third-order valence-electron chi connectivity index (χ3n) is 3.47. The van der Waals surface area contributed by atoms with Gasteiger partial charge in [0.15, 0.2) is 0 Å². The van der Waals surface area contributed by atoms with Crippen molar-refractivity contribution in [2.24, 2.45) is 5.73 Å². The lowest BCUT2D eigenvalue weighted by Gasteiger charge is -2.11. The number of pyridine rings is 1. The Morgan fingerprint density at radius 2 is 1.85 bits per heavy atom. The van der Waals surface area contributed by atoms with Crippen LogP contribution in [-0.2, 0) is 0 Å². The van der Waals surface area contributed by atoms with Gasteiger partial charge >= 0.3 is 0 Å². The summed E-state index contributed by atoms with van der Waals surface area (Å²) in [5.74, 6) is -0.257. The molecule has 0 aliphatic rings. The summed E-state index contributed by atoms with van der Waals surface area (Å²) in [6.45, 7) is 1.89. The predicted molar refractivity (Wildman–Crippen MR) is 79.7 cm³/mol. The molecule has 3 rings (SSSR count). The molecule has 0 aliphatic carbocycles. The van der Waals surface area contributed by atoms with E-state index in [0.29, 0.717) is 5.56 Å². The van der Waals surface area contributed by atoms with Gasteiger partial charge in [-0.1, -0.05) is 30.3 Å². The largest absolute Gasteiger partial charge is 0.324 e. The Labute approximate surface area is 117 Å². The van der Waals surface area contributed by atoms with E-state index in [2.05, 4.69) is 4.98 Å². The smallest absolute Gasteiger partial charge is 0.131 e. The zero-order chi connectivity index (χ0) is 14.1. The highest BCUT2D eigenvalue weighted by atomic mass is 19.1. The maximum atomic E-state index is 14.2. The number of hydrogen-bond acceptors (Lipinski definition) is 2. The van der Waals surface area contributed by atoms with Crippen molar-refractivity contribution in [1.82, 2.24) is 4.98 Å². The van der Waals surface area contributed by atoms with Crippen LogP contribution in [0.2, 0.25) is 0 Å². The van der Waals surface area contributed by atoms with E-state index in [1.165, 1.54) is 6.07 Å². The van der Waals surface area contributed by atoms with Gasteiger partial charge in [0.2, 0.25) is 0 Å². The Balaban J connectivity index is 2.28. The molecule has 0 bridgehead atoms. The van der Waals surface area contributed by atoms with Crippen LogP contribution < -0.4 is 5.73 Å². The van der Waals surface area contributed by atoms with Gasteiger partial charge in [-0.25, -0.2) is 4.39 Å². The van der Waals surface area contributed by atoms with E-state index >= 15 is 0 Å². The summed E-state index contributed by atoms with van der Waals surface area (Å²) in [4.78, 5) is 4.21. The van der Waals surface area contributed by atoms with Gasteiger partial charge in [0.05, 0.1) is 0 Å². The molecule has 2 nitrogen and oxygen atoms in total. The SMILES string of the molecule is CC(N)c1ccc(F)c(-c2cncc3ccccc23)c1. The topological polar surface area (TPSA) is 38.9 Å². The Hall–Kier alpha value is -2.26. The highest BCUT2D eigenvalue weighted by Gasteiger charge is 2.11. The maximum absolute atomic E-state index is 14.2. The van der Waals surface area contributed by atoms with Crippen LogP contribution in [0, 0.1) is 5.82 Å². The third-order valence-corrected chi connectivity index (χ3v) is 3.47. The van der Waals surface area contributed by atoms with Crippen LogP contribution in [-0.4, -0.2) is 4.98 Å². The molecule has 1 atom stereocenters. The predicted octanol–water partition coefficient (Wildman–Crippen LogP) is 4.06. The maximum Gasteiger partial charge on any atom is 0.131 e. The molecular weight excluding hydrogens is 251 g/mol. The van der Waals surface area contributed by atoms with E-state index in [1.807, 2.05) is 37.3 Å². The van der Waals surface area contributed by atoms with Gasteiger partial charge in [-0.3, -0.25) is 4.98 Å². The Morgan fingerprint density at radius 1 is 1.05 bits per heavy atom. The van der Waals surface area contributed by atoms with Gasteiger partial charge < -0.3 is 5.73 Å². The summed E-state index contributed by atoms with van der Waals surface area (Å²) >= 11 is 0. The molecular formula is C17H15FN2. The van der Waals surface area contributed by atoms with Crippen molar-refractivity contribution in [3.63, 3.8) is 0 Å². The number of nitrogens with zero attached hydrogens (tertiary/aromatic N) is 1. The molecule has 1 heterocycles. The normalized spacial score (nSPS) is 12.6. The summed E-state index contributed by atoms with van der Waals surface area (Å²) < 4.78 is 14.2. The minimum atomic E-state index is -0.257. The molecule has 0 saturated carbocycles. The average molecular weight is 266 g/mol. The number of aromatic nitrogens is 1. The van der Waals surface area contributed by atoms with Gasteiger partial charge in [-0.15, -0.1) is 0 Å². The zero-order valence-electron chi connectivity index (χ0n) is 11.2. The van der Waals surface area contributed by atoms with Crippen molar-refractivity contribution < 1.29 is 4.39 Å². The molecule has 1 unspecified atom stereocenters. The first-order valence-corrected chi connectivity index (χ1v) is 6.55. The van der Waals surface area contributed by atoms with E-state index in [0.717, 1.165) is 21.9 Å². The Kier molecular flexibility index (Phi) is 3.20. The Morgan fingerprint density at radius 3 is 2.65 bits per heavy atom. The molecule has 0 amide bonds. The summed E-state index contributed by atoms with van der Waals surface area (Å²) in [6.07, 6.45) is 3.48. The molecule has 1 aromatic heterocycles. The van der Waals surface area contributed by atoms with Crippen LogP contribution in [0.4, 0.5) is 4.39 Å². The van der Waals surface area contributed by atoms with Gasteiger partial charge in [0, 0.05) is 34.9 Å². The van der Waals surface area contributed by atoms with Crippen LogP contribution in [0.5, 0.6) is 0 Å². The minimum Gasteiger partial charge on any atom is -0.324 e. The highest BCUT2D eigenvalue weighted by Crippen LogP contribution is 2.31. The lowest BCUT2D eigenvalue weighted by molar-refractivity contribution is 0.629. The number of rotatable bonds is 2. The lowest BCUT2D eigenvalue weighted by Crippen LogP contribution is -2.05. The van der Waals surface area contributed by atoms with E-state index in [-0.39, 0.29) is 11.9 Å². The third kappa shape index (κ3) is 2.17. The molecule has 0 saturated heterocycles. The molecule has 0 radical (unpaired) electrons. The van der Waals surface area contributed by atoms with Crippen LogP contribution in [0.25, 0.3) is 21.9 Å². The first-order valence-electron chi connectivity index (χ1n) is 6.55. The first-order chi connectivity index (χ1) is 9.66. The molecule has 0 fully saturated rings. The fourth-order valence-electron chi connectivity index (χ4n) is 2.36. The second kappa shape index (κ2) is 5.02. The molecule has 3 aromatic rings. The first kappa shape index (κ1) is 12.8. The van der Waals surface area contributed by atoms with E-state index in [9.17, 15) is 4.39 Å². The van der Waals surface area contributed by atoms with Gasteiger partial charge in [0.1, 0.15) is 5.82 Å². The minimum absolute atomic E-state index is 0.128. The van der Waals surface area contributed by atoms with Crippen molar-refractivity contribution in [1.29, 1.82) is 0 Å². The van der Waals surface area contributed by atoms with Gasteiger partial charge in [-0.05, 0) is 30.0 Å². The second-order valence-electron chi connectivity index (χ2n) is 4.94. The average Bonchev–Trinajstić information content (AvgIpc) is 2.47. The number of hydrogen-bond donors (Lipinski definition) is 1. The fraction of sp³-hybridized carbons (Fsp3) is 0.118. The van der Waals surface area contributed by atoms with E-state index < -0.39 is 0 Å². The Bertz CT molecular complexity index is 761. The van der Waals surface area contributed by atoms with Crippen molar-refractivity contribution in [3.05, 3.63) is 66.2 Å². The molecule has 100 valence electrons. The molecule has 0 spiro atoms. The van der Waals surface area contributed by atoms with Crippen LogP contribution >= 0.6 is 0 Å². The standard InChI is InChI=1S/C17H15FN2/c1-11(19)12-6-7-17(18)15(8-12)16-10-20-9-13-4-2-3-5-14(13)16/h2-11H,19H2,1H3. The van der Waals surface area contributed by atoms with E-state index in [4.69, 9.17) is 5.73 Å². The number of fused-ring (bicyclic) bond motifs is 1. The lowest BCUT2D eigenvalue weighted by atomic mass is 9.97. The molecule has 0 aliphatic heterocycles. The summed E-state index contributed by atoms with van der Waals surface area (Å²) in [5, 5.41) is 1.99. The zero-order valence-corrected chi connectivity index (χ0v) is 11.2. The van der Waals surface area contributed by atoms with Crippen molar-refractivity contribution in [3.8, 4) is 11.1 Å². The molecule has 2 aromatic carbocycles. The van der Waals surface area contributed by atoms with Gasteiger partial charge in [-0.2, -0.15) is 0 Å². The van der Waals surface area contributed by atoms with Crippen LogP contribution in [0.3, 0.4) is 0 Å². The second-order valence-corrected chi connectivity index (χ2v) is 4.94. The van der Waals surface area contributed by atoms with Crippen molar-refractivity contribution in [2.75, 3.05) is 0 Å². The van der Waals surface area contributed by atoms with Crippen LogP contribution in [0.1, 0.15) is 18.5 Å². The number of benzene rings is 2. The summed E-state index contributed by atoms with van der Waals surface area (Å²) in [6, 6.07) is 12.7. The number of nitrogens with two attached hydrogens (primary N) is 1. The molecule has 2 N–H and O–H groups in total. The summed E-state index contributed by atoms with van der Waals surface area (Å²) in [5.41, 5.74) is 8.14. The van der Waals surface area contributed by atoms with Crippen LogP contribution in [0.15, 0.2) is 54.9 Å². The fourth-order valence-corrected chi connectivity index (χ4v) is 2.36. The quantitative estimate of drug-likeness (QED) is 0.759. The van der Waals surface area contributed by atoms with Gasteiger partial charge in [0.25, 0.3) is 0 Å². The van der Waals surface area contributed by atoms with Crippen molar-refractivity contribution >= 4 is 10.8 Å². The molecule has 20 heavy (non-hydrogen) atoms. The summed E-state index contributed by atoms with van der Waals surface area (Å²) in [7, 11) is 0. The monoisotopic (exact) mass is 266 g/mol. The highest BCUT2D eigenvalue weighted by molar-refractivity contribution is 5.95. The molecule has 3 heteroatoms. The number of halogens is 1. The van der Waals surface area contributed by atoms with E-state index in [1.54, 1.807) is 18.5 Å². The van der Waals surface area contributed by atoms with Crippen molar-refractivity contribution in [2.45, 2.75) is 13.0 Å².